The van der Waals surface area contributed by atoms with Crippen LogP contribution in [-0.2, 0) is 14.9 Å². The summed E-state index contributed by atoms with van der Waals surface area (Å²) in [6.07, 6.45) is 0. The molecule has 1 unspecified atom stereocenters. The van der Waals surface area contributed by atoms with E-state index < -0.39 is 28.0 Å². The van der Waals surface area contributed by atoms with Crippen LogP contribution in [0.2, 0.25) is 0 Å². The minimum Gasteiger partial charge on any atom is -0.507 e. The number of hydrogen-bond acceptors (Lipinski definition) is 10. The summed E-state index contributed by atoms with van der Waals surface area (Å²) in [6.45, 7) is 6.99. The van der Waals surface area contributed by atoms with Crippen LogP contribution in [0.5, 0.6) is 5.75 Å². The number of carboxylic acid groups (broad SMARTS) is 1. The van der Waals surface area contributed by atoms with Crippen LogP contribution in [0, 0.1) is 20.8 Å². The number of hydrogen-bond donors (Lipinski definition) is 3. The Morgan fingerprint density at radius 2 is 1.39 bits per heavy atom. The van der Waals surface area contributed by atoms with E-state index in [2.05, 4.69) is 25.6 Å². The number of aromatic carboxylic acids is 1. The summed E-state index contributed by atoms with van der Waals surface area (Å²) in [5.41, 5.74) is 5.82. The van der Waals surface area contributed by atoms with E-state index in [9.17, 15) is 32.8 Å². The average Bonchev–Trinajstić information content (AvgIpc) is 3.29. The number of anilines is 1. The number of nitrogens with zero attached hydrogens (tertiary/aromatic N) is 6. The summed E-state index contributed by atoms with van der Waals surface area (Å²) in [5.74, 6) is -2.01. The zero-order valence-electron chi connectivity index (χ0n) is 25.1. The quantitative estimate of drug-likeness (QED) is 0.133. The lowest BCUT2D eigenvalue weighted by atomic mass is 10.0. The molecule has 1 aliphatic heterocycles. The number of amides is 1. The van der Waals surface area contributed by atoms with Crippen LogP contribution in [0.4, 0.5) is 22.7 Å². The molecule has 1 atom stereocenters. The molecule has 46 heavy (non-hydrogen) atoms. The van der Waals surface area contributed by atoms with Crippen LogP contribution in [0.25, 0.3) is 11.1 Å². The molecule has 3 N–H and O–H groups in total. The lowest BCUT2D eigenvalue weighted by molar-refractivity contribution is -0.117. The number of carboxylic acids is 1. The highest BCUT2D eigenvalue weighted by molar-refractivity contribution is 7.85. The van der Waals surface area contributed by atoms with Crippen molar-refractivity contribution in [1.29, 1.82) is 0 Å². The van der Waals surface area contributed by atoms with Crippen LogP contribution in [-0.4, -0.2) is 46.8 Å². The summed E-state index contributed by atoms with van der Waals surface area (Å²) < 4.78 is 31.8. The summed E-state index contributed by atoms with van der Waals surface area (Å²) in [4.78, 5) is 24.1. The molecule has 1 aliphatic rings. The molecule has 0 radical (unpaired) electrons. The molecule has 4 aromatic carbocycles. The number of phenols is 1. The van der Waals surface area contributed by atoms with E-state index in [1.165, 1.54) is 30.3 Å². The van der Waals surface area contributed by atoms with Crippen molar-refractivity contribution in [2.75, 3.05) is 5.01 Å². The molecule has 0 aromatic heterocycles. The predicted octanol–water partition coefficient (Wildman–Crippen LogP) is 7.22. The van der Waals surface area contributed by atoms with Gasteiger partial charge in [0.15, 0.2) is 6.04 Å². The molecule has 13 nitrogen and oxygen atoms in total. The van der Waals surface area contributed by atoms with Crippen LogP contribution < -0.4 is 5.01 Å². The van der Waals surface area contributed by atoms with Crippen LogP contribution in [0.3, 0.4) is 0 Å². The molecule has 234 valence electrons. The first-order valence-electron chi connectivity index (χ1n) is 13.8. The molecule has 14 heteroatoms. The molecule has 1 heterocycles. The second-order valence-corrected chi connectivity index (χ2v) is 12.1. The van der Waals surface area contributed by atoms with Gasteiger partial charge in [-0.2, -0.15) is 39.0 Å². The van der Waals surface area contributed by atoms with Crippen molar-refractivity contribution in [3.8, 4) is 16.9 Å². The van der Waals surface area contributed by atoms with E-state index in [4.69, 9.17) is 0 Å². The molecular formula is C32H28N6O7S. The van der Waals surface area contributed by atoms with Gasteiger partial charge in [0.25, 0.3) is 16.0 Å². The average molecular weight is 641 g/mol. The van der Waals surface area contributed by atoms with Crippen molar-refractivity contribution in [1.82, 2.24) is 0 Å². The molecule has 0 bridgehead atoms. The number of azo groups is 2. The number of carbonyl (C=O) groups is 2. The maximum atomic E-state index is 13.0. The molecule has 1 amide bonds. The first kappa shape index (κ1) is 31.8. The Hall–Kier alpha value is -5.60. The van der Waals surface area contributed by atoms with Gasteiger partial charge in [-0.15, -0.1) is 0 Å². The van der Waals surface area contributed by atoms with E-state index in [0.717, 1.165) is 27.3 Å². The summed E-state index contributed by atoms with van der Waals surface area (Å²) in [7, 11) is -4.37. The fraction of sp³-hybridized carbons (Fsp3) is 0.156. The van der Waals surface area contributed by atoms with E-state index in [-0.39, 0.29) is 16.2 Å². The molecule has 0 saturated carbocycles. The molecule has 0 saturated heterocycles. The third-order valence-electron chi connectivity index (χ3n) is 7.27. The fourth-order valence-electron chi connectivity index (χ4n) is 4.74. The van der Waals surface area contributed by atoms with Gasteiger partial charge >= 0.3 is 5.97 Å². The number of benzene rings is 4. The van der Waals surface area contributed by atoms with Gasteiger partial charge in [0.1, 0.15) is 11.3 Å². The zero-order valence-corrected chi connectivity index (χ0v) is 25.9. The maximum Gasteiger partial charge on any atom is 0.339 e. The third kappa shape index (κ3) is 6.57. The standard InChI is InChI=1S/C32H28N6O7S/c1-17-13-21(5-11-27(17)34-33-23-15-19(3)30(39)26(16-23)32(41)42)22-6-12-28(18(2)14-22)35-36-29-20(4)37-38(31(29)40)24-7-9-25(10-8-24)46(43,44)45/h5-16,29,39H,1-4H3,(H,41,42)(H,43,44,45). The maximum absolute atomic E-state index is 13.0. The van der Waals surface area contributed by atoms with E-state index >= 15 is 0 Å². The first-order valence-corrected chi connectivity index (χ1v) is 15.2. The smallest absolute Gasteiger partial charge is 0.339 e. The Kier molecular flexibility index (Phi) is 8.59. The SMILES string of the molecule is CC1=NN(c2ccc(S(=O)(=O)O)cc2)C(=O)C1N=Nc1ccc(-c2ccc(N=Nc3cc(C)c(O)c(C(=O)O)c3)c(C)c2)cc1C. The largest absolute Gasteiger partial charge is 0.507 e. The summed E-state index contributed by atoms with van der Waals surface area (Å²) in [6, 6.07) is 18.2. The second-order valence-electron chi connectivity index (χ2n) is 10.6. The summed E-state index contributed by atoms with van der Waals surface area (Å²) >= 11 is 0. The summed E-state index contributed by atoms with van der Waals surface area (Å²) in [5, 5.41) is 41.7. The zero-order chi connectivity index (χ0) is 33.3. The van der Waals surface area contributed by atoms with Gasteiger partial charge < -0.3 is 10.2 Å². The molecule has 0 spiro atoms. The third-order valence-corrected chi connectivity index (χ3v) is 8.14. The van der Waals surface area contributed by atoms with Crippen LogP contribution >= 0.6 is 0 Å². The monoisotopic (exact) mass is 640 g/mol. The topological polar surface area (TPSA) is 194 Å². The number of aromatic hydroxyl groups is 1. The molecule has 4 aromatic rings. The number of carbonyl (C=O) groups excluding carboxylic acids is 1. The van der Waals surface area contributed by atoms with Gasteiger partial charge in [0.2, 0.25) is 0 Å². The van der Waals surface area contributed by atoms with Crippen molar-refractivity contribution in [3.63, 3.8) is 0 Å². The van der Waals surface area contributed by atoms with Crippen molar-refractivity contribution < 1.29 is 32.8 Å². The Bertz CT molecular complexity index is 2090. The molecule has 5 rings (SSSR count). The Morgan fingerprint density at radius 1 is 0.804 bits per heavy atom. The Labute approximate surface area is 264 Å². The normalized spacial score (nSPS) is 15.2. The van der Waals surface area contributed by atoms with E-state index in [0.29, 0.717) is 34.0 Å². The highest BCUT2D eigenvalue weighted by Crippen LogP contribution is 2.33. The van der Waals surface area contributed by atoms with Gasteiger partial charge in [-0.05, 0) is 116 Å². The predicted molar refractivity (Wildman–Crippen MR) is 170 cm³/mol. The van der Waals surface area contributed by atoms with Gasteiger partial charge in [-0.25, -0.2) is 4.79 Å². The van der Waals surface area contributed by atoms with Crippen LogP contribution in [0.1, 0.15) is 34.0 Å². The Balaban J connectivity index is 1.30. The number of rotatable bonds is 8. The van der Waals surface area contributed by atoms with Crippen molar-refractivity contribution >= 4 is 50.5 Å². The fourth-order valence-corrected chi connectivity index (χ4v) is 5.22. The highest BCUT2D eigenvalue weighted by atomic mass is 32.2. The molecule has 0 aliphatic carbocycles. The Morgan fingerprint density at radius 3 is 1.93 bits per heavy atom. The highest BCUT2D eigenvalue weighted by Gasteiger charge is 2.35. The minimum atomic E-state index is -4.37. The van der Waals surface area contributed by atoms with Crippen LogP contribution in [0.15, 0.2) is 103 Å². The van der Waals surface area contributed by atoms with Crippen molar-refractivity contribution in [3.05, 3.63) is 95.1 Å². The second kappa shape index (κ2) is 12.4. The van der Waals surface area contributed by atoms with Gasteiger partial charge in [0, 0.05) is 0 Å². The number of aryl methyl sites for hydroxylation is 3. The van der Waals surface area contributed by atoms with Crippen molar-refractivity contribution in [2.24, 2.45) is 25.6 Å². The first-order chi connectivity index (χ1) is 21.7. The van der Waals surface area contributed by atoms with Gasteiger partial charge in [0.05, 0.1) is 33.4 Å². The van der Waals surface area contributed by atoms with E-state index in [1.807, 2.05) is 38.1 Å². The lowest BCUT2D eigenvalue weighted by Crippen LogP contribution is -2.29. The van der Waals surface area contributed by atoms with E-state index in [1.54, 1.807) is 32.0 Å². The van der Waals surface area contributed by atoms with Gasteiger partial charge in [-0.1, -0.05) is 12.1 Å². The lowest BCUT2D eigenvalue weighted by Gasteiger charge is -2.12. The van der Waals surface area contributed by atoms with Crippen molar-refractivity contribution in [2.45, 2.75) is 38.6 Å². The van der Waals surface area contributed by atoms with Gasteiger partial charge in [-0.3, -0.25) is 9.35 Å². The molecule has 0 fully saturated rings. The molecular weight excluding hydrogens is 612 g/mol. The number of hydrazone groups is 1. The minimum absolute atomic E-state index is 0.245.